The highest BCUT2D eigenvalue weighted by Crippen LogP contribution is 2.38. The van der Waals surface area contributed by atoms with Crippen LogP contribution in [0.1, 0.15) is 24.0 Å². The molecule has 2 aromatic rings. The minimum atomic E-state index is 0.148. The molecule has 0 aliphatic carbocycles. The summed E-state index contributed by atoms with van der Waals surface area (Å²) in [6.45, 7) is 2.84. The van der Waals surface area contributed by atoms with Crippen molar-refractivity contribution < 1.29 is 4.79 Å². The van der Waals surface area contributed by atoms with Gasteiger partial charge in [-0.15, -0.1) is 0 Å². The van der Waals surface area contributed by atoms with Crippen molar-refractivity contribution in [2.75, 3.05) is 18.0 Å². The number of rotatable bonds is 3. The first-order chi connectivity index (χ1) is 12.5. The van der Waals surface area contributed by atoms with Crippen molar-refractivity contribution >= 4 is 46.4 Å². The molecule has 0 aromatic heterocycles. The summed E-state index contributed by atoms with van der Waals surface area (Å²) in [7, 11) is 0. The van der Waals surface area contributed by atoms with Crippen molar-refractivity contribution in [3.8, 4) is 0 Å². The van der Waals surface area contributed by atoms with Gasteiger partial charge in [-0.2, -0.15) is 0 Å². The molecule has 2 aliphatic heterocycles. The summed E-state index contributed by atoms with van der Waals surface area (Å²) in [6, 6.07) is 11.9. The minimum Gasteiger partial charge on any atom is -0.309 e. The molecule has 0 spiro atoms. The van der Waals surface area contributed by atoms with Gasteiger partial charge in [-0.1, -0.05) is 46.9 Å². The van der Waals surface area contributed by atoms with Crippen LogP contribution in [0.15, 0.2) is 36.4 Å². The zero-order valence-corrected chi connectivity index (χ0v) is 16.5. The molecule has 2 heterocycles. The number of amides is 1. The lowest BCUT2D eigenvalue weighted by Gasteiger charge is -2.37. The molecule has 0 atom stereocenters. The van der Waals surface area contributed by atoms with Gasteiger partial charge >= 0.3 is 0 Å². The smallest absolute Gasteiger partial charge is 0.231 e. The summed E-state index contributed by atoms with van der Waals surface area (Å²) in [6.07, 6.45) is 2.33. The number of carbonyl (C=O) groups is 1. The second-order valence-electron chi connectivity index (χ2n) is 6.97. The molecule has 1 saturated heterocycles. The first-order valence-electron chi connectivity index (χ1n) is 8.78. The third kappa shape index (κ3) is 3.59. The monoisotopic (exact) mass is 408 g/mol. The van der Waals surface area contributed by atoms with E-state index in [1.165, 1.54) is 5.56 Å². The molecule has 0 bridgehead atoms. The van der Waals surface area contributed by atoms with Crippen LogP contribution in [-0.4, -0.2) is 29.9 Å². The Morgan fingerprint density at radius 3 is 2.31 bits per heavy atom. The summed E-state index contributed by atoms with van der Waals surface area (Å²) in [5.74, 6) is 0.148. The molecule has 2 aromatic carbocycles. The molecule has 4 rings (SSSR count). The average molecular weight is 410 g/mol. The summed E-state index contributed by atoms with van der Waals surface area (Å²) in [5.41, 5.74) is 3.17. The Labute approximate surface area is 168 Å². The van der Waals surface area contributed by atoms with Gasteiger partial charge in [0.1, 0.15) is 0 Å². The molecule has 0 unspecified atom stereocenters. The van der Waals surface area contributed by atoms with E-state index in [2.05, 4.69) is 17.0 Å². The van der Waals surface area contributed by atoms with Gasteiger partial charge in [0.05, 0.1) is 16.5 Å². The van der Waals surface area contributed by atoms with E-state index in [1.54, 1.807) is 0 Å². The highest BCUT2D eigenvalue weighted by Gasteiger charge is 2.35. The van der Waals surface area contributed by atoms with E-state index < -0.39 is 0 Å². The second-order valence-corrected chi connectivity index (χ2v) is 8.22. The highest BCUT2D eigenvalue weighted by atomic mass is 35.5. The SMILES string of the molecule is O=C1Cc2cc(Cl)c(Cl)cc2N1C1CCN(Cc2ccc(Cl)cc2)CC1. The van der Waals surface area contributed by atoms with Crippen LogP contribution >= 0.6 is 34.8 Å². The van der Waals surface area contributed by atoms with Gasteiger partial charge in [0.15, 0.2) is 0 Å². The predicted octanol–water partition coefficient (Wildman–Crippen LogP) is 5.20. The van der Waals surface area contributed by atoms with Crippen molar-refractivity contribution in [1.82, 2.24) is 4.90 Å². The van der Waals surface area contributed by atoms with Crippen LogP contribution in [0.5, 0.6) is 0 Å². The van der Waals surface area contributed by atoms with E-state index in [0.717, 1.165) is 48.7 Å². The van der Waals surface area contributed by atoms with Crippen molar-refractivity contribution in [2.24, 2.45) is 0 Å². The third-order valence-corrected chi connectivity index (χ3v) is 6.21. The predicted molar refractivity (Wildman–Crippen MR) is 107 cm³/mol. The van der Waals surface area contributed by atoms with Crippen LogP contribution in [0, 0.1) is 0 Å². The van der Waals surface area contributed by atoms with E-state index in [1.807, 2.05) is 29.2 Å². The van der Waals surface area contributed by atoms with Crippen molar-refractivity contribution in [3.05, 3.63) is 62.6 Å². The Bertz CT molecular complexity index is 830. The molecule has 0 saturated carbocycles. The summed E-state index contributed by atoms with van der Waals surface area (Å²) in [4.78, 5) is 16.9. The second kappa shape index (κ2) is 7.40. The van der Waals surface area contributed by atoms with Crippen molar-refractivity contribution in [3.63, 3.8) is 0 Å². The molecular weight excluding hydrogens is 391 g/mol. The Hall–Kier alpha value is -1.26. The zero-order chi connectivity index (χ0) is 18.3. The number of halogens is 3. The molecule has 26 heavy (non-hydrogen) atoms. The molecule has 3 nitrogen and oxygen atoms in total. The van der Waals surface area contributed by atoms with Crippen LogP contribution in [0.4, 0.5) is 5.69 Å². The van der Waals surface area contributed by atoms with E-state index in [9.17, 15) is 4.79 Å². The lowest BCUT2D eigenvalue weighted by molar-refractivity contribution is -0.118. The standard InChI is InChI=1S/C20H19Cl3N2O/c21-15-3-1-13(2-4-15)12-24-7-5-16(6-8-24)25-19-11-18(23)17(22)9-14(19)10-20(25)26/h1-4,9,11,16H,5-8,10,12H2. The van der Waals surface area contributed by atoms with E-state index in [4.69, 9.17) is 34.8 Å². The van der Waals surface area contributed by atoms with E-state index in [0.29, 0.717) is 16.5 Å². The number of hydrogen-bond acceptors (Lipinski definition) is 2. The van der Waals surface area contributed by atoms with Gasteiger partial charge in [0, 0.05) is 36.4 Å². The summed E-state index contributed by atoms with van der Waals surface area (Å²) < 4.78 is 0. The van der Waals surface area contributed by atoms with E-state index in [-0.39, 0.29) is 11.9 Å². The third-order valence-electron chi connectivity index (χ3n) is 5.23. The van der Waals surface area contributed by atoms with Gasteiger partial charge in [0.2, 0.25) is 5.91 Å². The van der Waals surface area contributed by atoms with Crippen molar-refractivity contribution in [1.29, 1.82) is 0 Å². The van der Waals surface area contributed by atoms with Crippen LogP contribution in [0.25, 0.3) is 0 Å². The fourth-order valence-corrected chi connectivity index (χ4v) is 4.38. The molecule has 136 valence electrons. The highest BCUT2D eigenvalue weighted by molar-refractivity contribution is 6.42. The first-order valence-corrected chi connectivity index (χ1v) is 9.91. The Kier molecular flexibility index (Phi) is 5.15. The zero-order valence-electron chi connectivity index (χ0n) is 14.2. The molecular formula is C20H19Cl3N2O. The molecule has 0 N–H and O–H groups in total. The number of carbonyl (C=O) groups excluding carboxylic acids is 1. The number of anilines is 1. The van der Waals surface area contributed by atoms with Crippen molar-refractivity contribution in [2.45, 2.75) is 31.8 Å². The first kappa shape index (κ1) is 18.1. The number of piperidine rings is 1. The van der Waals surface area contributed by atoms with Crippen LogP contribution < -0.4 is 4.90 Å². The van der Waals surface area contributed by atoms with Crippen LogP contribution in [-0.2, 0) is 17.8 Å². The number of nitrogens with zero attached hydrogens (tertiary/aromatic N) is 2. The summed E-state index contributed by atoms with van der Waals surface area (Å²) in [5, 5.41) is 1.78. The number of benzene rings is 2. The van der Waals surface area contributed by atoms with Crippen LogP contribution in [0.2, 0.25) is 15.1 Å². The van der Waals surface area contributed by atoms with E-state index >= 15 is 0 Å². The fraction of sp³-hybridized carbons (Fsp3) is 0.350. The molecule has 2 aliphatic rings. The van der Waals surface area contributed by atoms with Gasteiger partial charge < -0.3 is 4.90 Å². The van der Waals surface area contributed by atoms with Gasteiger partial charge in [-0.3, -0.25) is 9.69 Å². The van der Waals surface area contributed by atoms with Crippen LogP contribution in [0.3, 0.4) is 0 Å². The lowest BCUT2D eigenvalue weighted by atomic mass is 10.0. The molecule has 1 fully saturated rings. The Morgan fingerprint density at radius 2 is 1.62 bits per heavy atom. The van der Waals surface area contributed by atoms with Gasteiger partial charge in [-0.05, 0) is 48.2 Å². The molecule has 6 heteroatoms. The lowest BCUT2D eigenvalue weighted by Crippen LogP contribution is -2.46. The largest absolute Gasteiger partial charge is 0.309 e. The fourth-order valence-electron chi connectivity index (χ4n) is 3.91. The minimum absolute atomic E-state index is 0.148. The van der Waals surface area contributed by atoms with Gasteiger partial charge in [-0.25, -0.2) is 0 Å². The molecule has 1 amide bonds. The average Bonchev–Trinajstić information content (AvgIpc) is 2.93. The maximum Gasteiger partial charge on any atom is 0.231 e. The topological polar surface area (TPSA) is 23.6 Å². The maximum atomic E-state index is 12.6. The molecule has 0 radical (unpaired) electrons. The Morgan fingerprint density at radius 1 is 0.962 bits per heavy atom. The number of likely N-dealkylation sites (tertiary alicyclic amines) is 1. The summed E-state index contributed by atoms with van der Waals surface area (Å²) >= 11 is 18.2. The quantitative estimate of drug-likeness (QED) is 0.695. The normalized spacial score (nSPS) is 18.4. The van der Waals surface area contributed by atoms with Gasteiger partial charge in [0.25, 0.3) is 0 Å². The number of hydrogen-bond donors (Lipinski definition) is 0. The maximum absolute atomic E-state index is 12.6. The Balaban J connectivity index is 1.43. The number of fused-ring (bicyclic) bond motifs is 1.